The van der Waals surface area contributed by atoms with Gasteiger partial charge < -0.3 is 14.6 Å². The van der Waals surface area contributed by atoms with Gasteiger partial charge in [-0.05, 0) is 43.4 Å². The third-order valence-corrected chi connectivity index (χ3v) is 3.48. The molecule has 1 aliphatic rings. The van der Waals surface area contributed by atoms with Crippen LogP contribution in [0.15, 0.2) is 17.7 Å². The lowest BCUT2D eigenvalue weighted by molar-refractivity contribution is -0.136. The minimum Gasteiger partial charge on any atom is -0.493 e. The maximum atomic E-state index is 13.8. The van der Waals surface area contributed by atoms with Crippen LogP contribution in [-0.2, 0) is 9.53 Å². The molecule has 6 heteroatoms. The summed E-state index contributed by atoms with van der Waals surface area (Å²) < 4.78 is 36.8. The number of allylic oxidation sites excluding steroid dienone is 1. The van der Waals surface area contributed by atoms with Gasteiger partial charge in [0.15, 0.2) is 11.6 Å². The van der Waals surface area contributed by atoms with Crippen molar-refractivity contribution in [2.45, 2.75) is 25.7 Å². The van der Waals surface area contributed by atoms with Crippen LogP contribution >= 0.6 is 0 Å². The maximum Gasteiger partial charge on any atom is 0.334 e. The standard InChI is InChI=1S/C15H16F2O3.CH4O/c1-19-14-10(7-8-12(16)13(14)17)9-5-3-4-6-11(9)15(18)20-2;1-2/h7-8H,3-6H2,1-2H3;2H,1H3. The first-order valence-corrected chi connectivity index (χ1v) is 6.87. The summed E-state index contributed by atoms with van der Waals surface area (Å²) >= 11 is 0. The smallest absolute Gasteiger partial charge is 0.334 e. The van der Waals surface area contributed by atoms with Gasteiger partial charge in [-0.2, -0.15) is 4.39 Å². The molecule has 0 atom stereocenters. The lowest BCUT2D eigenvalue weighted by Gasteiger charge is -2.21. The van der Waals surface area contributed by atoms with Crippen LogP contribution in [0.3, 0.4) is 0 Å². The molecule has 0 saturated heterocycles. The molecule has 1 aromatic rings. The topological polar surface area (TPSA) is 55.8 Å². The minimum absolute atomic E-state index is 0.164. The van der Waals surface area contributed by atoms with Crippen LogP contribution in [0, 0.1) is 11.6 Å². The molecule has 1 N–H and O–H groups in total. The van der Waals surface area contributed by atoms with Crippen molar-refractivity contribution in [2.75, 3.05) is 21.3 Å². The molecule has 0 aliphatic heterocycles. The third-order valence-electron chi connectivity index (χ3n) is 3.48. The number of aliphatic hydroxyl groups is 1. The molecule has 0 spiro atoms. The molecule has 0 unspecified atom stereocenters. The highest BCUT2D eigenvalue weighted by Gasteiger charge is 2.25. The van der Waals surface area contributed by atoms with Crippen LogP contribution in [-0.4, -0.2) is 32.4 Å². The van der Waals surface area contributed by atoms with Crippen molar-refractivity contribution >= 4 is 11.5 Å². The molecule has 22 heavy (non-hydrogen) atoms. The second-order valence-corrected chi connectivity index (χ2v) is 4.60. The van der Waals surface area contributed by atoms with Gasteiger partial charge in [-0.3, -0.25) is 0 Å². The molecule has 1 aromatic carbocycles. The van der Waals surface area contributed by atoms with Crippen molar-refractivity contribution in [1.29, 1.82) is 0 Å². The molecule has 0 saturated carbocycles. The second-order valence-electron chi connectivity index (χ2n) is 4.60. The van der Waals surface area contributed by atoms with Crippen molar-refractivity contribution in [3.8, 4) is 5.75 Å². The number of benzene rings is 1. The van der Waals surface area contributed by atoms with Crippen LogP contribution in [0.1, 0.15) is 31.2 Å². The number of aliphatic hydroxyl groups excluding tert-OH is 1. The normalized spacial score (nSPS) is 14.1. The van der Waals surface area contributed by atoms with E-state index in [0.29, 0.717) is 29.6 Å². The monoisotopic (exact) mass is 314 g/mol. The van der Waals surface area contributed by atoms with Crippen molar-refractivity contribution in [3.63, 3.8) is 0 Å². The van der Waals surface area contributed by atoms with E-state index in [4.69, 9.17) is 14.6 Å². The van der Waals surface area contributed by atoms with Gasteiger partial charge in [0.2, 0.25) is 5.82 Å². The number of hydrogen-bond donors (Lipinski definition) is 1. The van der Waals surface area contributed by atoms with Crippen LogP contribution in [0.25, 0.3) is 5.57 Å². The number of ether oxygens (including phenoxy) is 2. The summed E-state index contributed by atoms with van der Waals surface area (Å²) in [6.45, 7) is 0. The van der Waals surface area contributed by atoms with Gasteiger partial charge in [0.1, 0.15) is 0 Å². The van der Waals surface area contributed by atoms with E-state index < -0.39 is 17.6 Å². The lowest BCUT2D eigenvalue weighted by atomic mass is 9.87. The summed E-state index contributed by atoms with van der Waals surface area (Å²) in [5, 5.41) is 7.00. The number of esters is 1. The molecular weight excluding hydrogens is 294 g/mol. The van der Waals surface area contributed by atoms with Gasteiger partial charge in [0.25, 0.3) is 0 Å². The van der Waals surface area contributed by atoms with Crippen LogP contribution in [0.5, 0.6) is 5.75 Å². The first kappa shape index (κ1) is 18.1. The van der Waals surface area contributed by atoms with E-state index in [1.807, 2.05) is 0 Å². The molecule has 0 bridgehead atoms. The van der Waals surface area contributed by atoms with Gasteiger partial charge in [-0.1, -0.05) is 0 Å². The second kappa shape index (κ2) is 8.48. The molecule has 0 aromatic heterocycles. The van der Waals surface area contributed by atoms with E-state index in [9.17, 15) is 13.6 Å². The Morgan fingerprint density at radius 3 is 2.36 bits per heavy atom. The average molecular weight is 314 g/mol. The fourth-order valence-corrected chi connectivity index (χ4v) is 2.52. The fourth-order valence-electron chi connectivity index (χ4n) is 2.52. The molecule has 4 nitrogen and oxygen atoms in total. The van der Waals surface area contributed by atoms with Gasteiger partial charge >= 0.3 is 5.97 Å². The highest BCUT2D eigenvalue weighted by atomic mass is 19.2. The van der Waals surface area contributed by atoms with E-state index in [1.165, 1.54) is 20.3 Å². The highest BCUT2D eigenvalue weighted by Crippen LogP contribution is 2.38. The predicted octanol–water partition coefficient (Wildman–Crippen LogP) is 3.08. The van der Waals surface area contributed by atoms with Crippen LogP contribution < -0.4 is 4.74 Å². The number of halogens is 2. The summed E-state index contributed by atoms with van der Waals surface area (Å²) in [6.07, 6.45) is 2.95. The summed E-state index contributed by atoms with van der Waals surface area (Å²) in [6, 6.07) is 2.49. The molecule has 0 radical (unpaired) electrons. The van der Waals surface area contributed by atoms with Crippen molar-refractivity contribution in [3.05, 3.63) is 34.9 Å². The SMILES string of the molecule is CO.COC(=O)C1=C(c2ccc(F)c(F)c2OC)CCCC1. The lowest BCUT2D eigenvalue weighted by Crippen LogP contribution is -2.12. The molecule has 0 heterocycles. The maximum absolute atomic E-state index is 13.8. The Hall–Kier alpha value is -1.95. The largest absolute Gasteiger partial charge is 0.493 e. The highest BCUT2D eigenvalue weighted by molar-refractivity contribution is 5.98. The van der Waals surface area contributed by atoms with Gasteiger partial charge in [0, 0.05) is 18.2 Å². The summed E-state index contributed by atoms with van der Waals surface area (Å²) in [4.78, 5) is 11.8. The molecule has 0 fully saturated rings. The zero-order valence-corrected chi connectivity index (χ0v) is 12.9. The molecule has 0 amide bonds. The predicted molar refractivity (Wildman–Crippen MR) is 78.5 cm³/mol. The number of carbonyl (C=O) groups excluding carboxylic acids is 1. The van der Waals surface area contributed by atoms with E-state index in [1.54, 1.807) is 0 Å². The van der Waals surface area contributed by atoms with Gasteiger partial charge in [-0.15, -0.1) is 0 Å². The van der Waals surface area contributed by atoms with Crippen LogP contribution in [0.2, 0.25) is 0 Å². The Balaban J connectivity index is 0.00000116. The number of hydrogen-bond acceptors (Lipinski definition) is 4. The van der Waals surface area contributed by atoms with Crippen LogP contribution in [0.4, 0.5) is 8.78 Å². The van der Waals surface area contributed by atoms with E-state index in [-0.39, 0.29) is 5.75 Å². The summed E-state index contributed by atoms with van der Waals surface area (Å²) in [5.41, 5.74) is 1.62. The fraction of sp³-hybridized carbons (Fsp3) is 0.438. The molecular formula is C16H20F2O4. The van der Waals surface area contributed by atoms with E-state index in [2.05, 4.69) is 0 Å². The summed E-state index contributed by atoms with van der Waals surface area (Å²) in [7, 11) is 3.59. The molecule has 122 valence electrons. The average Bonchev–Trinajstić information content (AvgIpc) is 2.58. The first-order valence-electron chi connectivity index (χ1n) is 6.87. The number of carbonyl (C=O) groups is 1. The zero-order chi connectivity index (χ0) is 16.7. The van der Waals surface area contributed by atoms with Crippen molar-refractivity contribution < 1.29 is 28.2 Å². The third kappa shape index (κ3) is 3.62. The Morgan fingerprint density at radius 2 is 1.77 bits per heavy atom. The minimum atomic E-state index is -1.03. The van der Waals surface area contributed by atoms with Crippen molar-refractivity contribution in [2.24, 2.45) is 0 Å². The Labute approximate surface area is 128 Å². The molecule has 1 aliphatic carbocycles. The van der Waals surface area contributed by atoms with Gasteiger partial charge in [0.05, 0.1) is 14.2 Å². The summed E-state index contributed by atoms with van der Waals surface area (Å²) in [5.74, 6) is -2.59. The number of methoxy groups -OCH3 is 2. The quantitative estimate of drug-likeness (QED) is 0.871. The first-order chi connectivity index (χ1) is 10.6. The van der Waals surface area contributed by atoms with E-state index in [0.717, 1.165) is 26.0 Å². The Kier molecular flexibility index (Phi) is 6.98. The Bertz CT molecular complexity index is 568. The number of rotatable bonds is 3. The van der Waals surface area contributed by atoms with E-state index >= 15 is 0 Å². The zero-order valence-electron chi connectivity index (χ0n) is 12.9. The Morgan fingerprint density at radius 1 is 1.14 bits per heavy atom. The molecule has 2 rings (SSSR count). The van der Waals surface area contributed by atoms with Gasteiger partial charge in [-0.25, -0.2) is 9.18 Å². The van der Waals surface area contributed by atoms with Crippen molar-refractivity contribution in [1.82, 2.24) is 0 Å².